The number of H-pyrrole nitrogens is 1. The fourth-order valence-electron chi connectivity index (χ4n) is 2.92. The molecular formula is C18H17N3O2S. The Bertz CT molecular complexity index is 895. The number of rotatable bonds is 3. The van der Waals surface area contributed by atoms with Gasteiger partial charge in [-0.15, -0.1) is 11.3 Å². The van der Waals surface area contributed by atoms with Gasteiger partial charge in [-0.05, 0) is 37.4 Å². The average molecular weight is 339 g/mol. The van der Waals surface area contributed by atoms with Gasteiger partial charge in [0.1, 0.15) is 5.75 Å². The van der Waals surface area contributed by atoms with Crippen LogP contribution in [0.4, 0.5) is 5.69 Å². The molecule has 0 saturated carbocycles. The summed E-state index contributed by atoms with van der Waals surface area (Å²) in [5, 5.41) is 9.38. The second-order valence-corrected chi connectivity index (χ2v) is 6.87. The van der Waals surface area contributed by atoms with E-state index in [0.717, 1.165) is 33.1 Å². The smallest absolute Gasteiger partial charge is 0.265 e. The van der Waals surface area contributed by atoms with E-state index in [-0.39, 0.29) is 12.5 Å². The number of carbonyl (C=O) groups excluding carboxylic acids is 1. The van der Waals surface area contributed by atoms with E-state index in [1.54, 1.807) is 16.2 Å². The standard InChI is InChI=1S/C18H17N3O2S/c1-11-3-5-13(6-4-11)23-10-16(22)21-9-15-14(7-8-24-15)17-18(21)12(2)19-20-17/h3-8H,9-10H2,1-2H3,(H,19,20). The predicted octanol–water partition coefficient (Wildman–Crippen LogP) is 3.68. The number of hydrogen-bond donors (Lipinski definition) is 1. The Balaban J connectivity index is 1.57. The third kappa shape index (κ3) is 2.49. The van der Waals surface area contributed by atoms with Crippen molar-refractivity contribution in [3.8, 4) is 17.0 Å². The molecule has 0 fully saturated rings. The van der Waals surface area contributed by atoms with E-state index in [2.05, 4.69) is 16.3 Å². The molecule has 1 amide bonds. The van der Waals surface area contributed by atoms with Crippen LogP contribution >= 0.6 is 11.3 Å². The zero-order valence-electron chi connectivity index (χ0n) is 13.5. The van der Waals surface area contributed by atoms with Gasteiger partial charge in [0.2, 0.25) is 0 Å². The lowest BCUT2D eigenvalue weighted by Gasteiger charge is -2.27. The first-order chi connectivity index (χ1) is 11.6. The summed E-state index contributed by atoms with van der Waals surface area (Å²) in [6, 6.07) is 9.77. The molecule has 0 unspecified atom stereocenters. The highest BCUT2D eigenvalue weighted by Gasteiger charge is 2.31. The molecule has 1 N–H and O–H groups in total. The number of thiophene rings is 1. The van der Waals surface area contributed by atoms with Crippen LogP contribution in [-0.2, 0) is 11.3 Å². The van der Waals surface area contributed by atoms with Crippen molar-refractivity contribution in [3.05, 3.63) is 51.8 Å². The van der Waals surface area contributed by atoms with Crippen LogP contribution < -0.4 is 9.64 Å². The van der Waals surface area contributed by atoms with Gasteiger partial charge in [0, 0.05) is 10.4 Å². The van der Waals surface area contributed by atoms with Crippen LogP contribution in [0.15, 0.2) is 35.7 Å². The second-order valence-electron chi connectivity index (χ2n) is 5.87. The van der Waals surface area contributed by atoms with Gasteiger partial charge in [0.25, 0.3) is 5.91 Å². The molecule has 1 aromatic carbocycles. The van der Waals surface area contributed by atoms with Crippen LogP contribution in [-0.4, -0.2) is 22.7 Å². The van der Waals surface area contributed by atoms with E-state index in [1.807, 2.05) is 43.5 Å². The molecule has 0 radical (unpaired) electrons. The number of ether oxygens (including phenoxy) is 1. The molecule has 1 aliphatic heterocycles. The lowest BCUT2D eigenvalue weighted by atomic mass is 10.1. The molecule has 122 valence electrons. The van der Waals surface area contributed by atoms with Crippen molar-refractivity contribution >= 4 is 22.9 Å². The fraction of sp³-hybridized carbons (Fsp3) is 0.222. The largest absolute Gasteiger partial charge is 0.484 e. The number of aryl methyl sites for hydroxylation is 2. The maximum Gasteiger partial charge on any atom is 0.265 e. The van der Waals surface area contributed by atoms with Crippen LogP contribution in [0.5, 0.6) is 5.75 Å². The third-order valence-electron chi connectivity index (χ3n) is 4.19. The fourth-order valence-corrected chi connectivity index (χ4v) is 3.79. The normalized spacial score (nSPS) is 12.7. The van der Waals surface area contributed by atoms with Gasteiger partial charge in [-0.1, -0.05) is 17.7 Å². The molecule has 6 heteroatoms. The summed E-state index contributed by atoms with van der Waals surface area (Å²) < 4.78 is 5.66. The van der Waals surface area contributed by atoms with Crippen molar-refractivity contribution in [1.82, 2.24) is 10.2 Å². The Morgan fingerprint density at radius 1 is 1.29 bits per heavy atom. The molecule has 0 atom stereocenters. The van der Waals surface area contributed by atoms with Gasteiger partial charge in [-0.2, -0.15) is 5.10 Å². The Labute approximate surface area is 143 Å². The van der Waals surface area contributed by atoms with Crippen LogP contribution in [0, 0.1) is 13.8 Å². The van der Waals surface area contributed by atoms with Crippen molar-refractivity contribution < 1.29 is 9.53 Å². The van der Waals surface area contributed by atoms with Crippen LogP contribution in [0.3, 0.4) is 0 Å². The van der Waals surface area contributed by atoms with Gasteiger partial charge in [0.05, 0.1) is 23.6 Å². The molecule has 0 aliphatic carbocycles. The summed E-state index contributed by atoms with van der Waals surface area (Å²) in [6.07, 6.45) is 0. The summed E-state index contributed by atoms with van der Waals surface area (Å²) in [4.78, 5) is 15.7. The zero-order valence-corrected chi connectivity index (χ0v) is 14.3. The SMILES string of the molecule is Cc1ccc(OCC(=O)N2Cc3sccc3-c3[nH]nc(C)c32)cc1. The highest BCUT2D eigenvalue weighted by Crippen LogP contribution is 2.41. The van der Waals surface area contributed by atoms with E-state index in [1.165, 1.54) is 0 Å². The molecule has 1 aliphatic rings. The first-order valence-corrected chi connectivity index (χ1v) is 8.63. The van der Waals surface area contributed by atoms with E-state index < -0.39 is 0 Å². The lowest BCUT2D eigenvalue weighted by Crippen LogP contribution is -2.36. The average Bonchev–Trinajstić information content (AvgIpc) is 3.20. The number of anilines is 1. The third-order valence-corrected chi connectivity index (χ3v) is 5.09. The summed E-state index contributed by atoms with van der Waals surface area (Å²) in [7, 11) is 0. The second kappa shape index (κ2) is 5.79. The molecule has 5 nitrogen and oxygen atoms in total. The predicted molar refractivity (Wildman–Crippen MR) is 94.5 cm³/mol. The quantitative estimate of drug-likeness (QED) is 0.792. The van der Waals surface area contributed by atoms with Crippen molar-refractivity contribution in [3.63, 3.8) is 0 Å². The molecule has 3 heterocycles. The molecule has 2 aromatic heterocycles. The van der Waals surface area contributed by atoms with E-state index >= 15 is 0 Å². The molecule has 0 bridgehead atoms. The zero-order chi connectivity index (χ0) is 16.7. The monoisotopic (exact) mass is 339 g/mol. The van der Waals surface area contributed by atoms with Gasteiger partial charge in [-0.3, -0.25) is 9.89 Å². The van der Waals surface area contributed by atoms with Crippen LogP contribution in [0.25, 0.3) is 11.3 Å². The molecule has 4 rings (SSSR count). The summed E-state index contributed by atoms with van der Waals surface area (Å²) >= 11 is 1.65. The minimum absolute atomic E-state index is 0.00777. The first kappa shape index (κ1) is 15.0. The van der Waals surface area contributed by atoms with Crippen LogP contribution in [0.2, 0.25) is 0 Å². The minimum Gasteiger partial charge on any atom is -0.484 e. The number of hydrogen-bond acceptors (Lipinski definition) is 4. The number of benzene rings is 1. The van der Waals surface area contributed by atoms with E-state index in [9.17, 15) is 4.79 Å². The number of fused-ring (bicyclic) bond motifs is 3. The van der Waals surface area contributed by atoms with Crippen molar-refractivity contribution in [2.24, 2.45) is 0 Å². The molecule has 0 spiro atoms. The van der Waals surface area contributed by atoms with Crippen molar-refractivity contribution in [2.45, 2.75) is 20.4 Å². The highest BCUT2D eigenvalue weighted by molar-refractivity contribution is 7.10. The Hall–Kier alpha value is -2.60. The topological polar surface area (TPSA) is 58.2 Å². The summed E-state index contributed by atoms with van der Waals surface area (Å²) in [6.45, 7) is 4.50. The summed E-state index contributed by atoms with van der Waals surface area (Å²) in [5.41, 5.74) is 4.90. The number of aromatic nitrogens is 2. The molecule has 3 aromatic rings. The van der Waals surface area contributed by atoms with Gasteiger partial charge >= 0.3 is 0 Å². The number of nitrogens with zero attached hydrogens (tertiary/aromatic N) is 2. The Morgan fingerprint density at radius 2 is 2.08 bits per heavy atom. The highest BCUT2D eigenvalue weighted by atomic mass is 32.1. The van der Waals surface area contributed by atoms with Crippen molar-refractivity contribution in [1.29, 1.82) is 0 Å². The first-order valence-electron chi connectivity index (χ1n) is 7.75. The summed E-state index contributed by atoms with van der Waals surface area (Å²) in [5.74, 6) is 0.632. The Morgan fingerprint density at radius 3 is 2.88 bits per heavy atom. The number of aromatic amines is 1. The Kier molecular flexibility index (Phi) is 3.61. The maximum absolute atomic E-state index is 12.7. The van der Waals surface area contributed by atoms with Gasteiger partial charge in [0.15, 0.2) is 6.61 Å². The number of nitrogens with one attached hydrogen (secondary N) is 1. The van der Waals surface area contributed by atoms with E-state index in [4.69, 9.17) is 4.74 Å². The number of carbonyl (C=O) groups is 1. The molecular weight excluding hydrogens is 322 g/mol. The van der Waals surface area contributed by atoms with Gasteiger partial charge < -0.3 is 9.64 Å². The molecule has 0 saturated heterocycles. The van der Waals surface area contributed by atoms with E-state index in [0.29, 0.717) is 12.3 Å². The molecule has 24 heavy (non-hydrogen) atoms. The van der Waals surface area contributed by atoms with Crippen molar-refractivity contribution in [2.75, 3.05) is 11.5 Å². The lowest BCUT2D eigenvalue weighted by molar-refractivity contribution is -0.120. The number of amides is 1. The van der Waals surface area contributed by atoms with Gasteiger partial charge in [-0.25, -0.2) is 0 Å². The van der Waals surface area contributed by atoms with Crippen LogP contribution in [0.1, 0.15) is 16.1 Å². The minimum atomic E-state index is -0.0691. The maximum atomic E-state index is 12.7.